The fraction of sp³-hybridized carbons (Fsp3) is 0.300. The van der Waals surface area contributed by atoms with Crippen molar-refractivity contribution in [1.29, 1.82) is 0 Å². The summed E-state index contributed by atoms with van der Waals surface area (Å²) in [5.74, 6) is 0.948. The van der Waals surface area contributed by atoms with E-state index in [1.165, 1.54) is 17.4 Å². The number of hydrogen-bond acceptors (Lipinski definition) is 7. The van der Waals surface area contributed by atoms with E-state index >= 15 is 0 Å². The molecule has 0 N–H and O–H groups in total. The van der Waals surface area contributed by atoms with Crippen molar-refractivity contribution in [2.75, 3.05) is 20.3 Å². The molecule has 1 atom stereocenters. The summed E-state index contributed by atoms with van der Waals surface area (Å²) >= 11 is 1.29. The SMILES string of the molecule is C=CCOC(=O)C1=C(C)N=c2s/c(=C\c3ccc(OCCCCC)cc3)c(=O)n2C1c1ccc(OC)cc1. The second-order valence-electron chi connectivity index (χ2n) is 8.87. The molecule has 7 nitrogen and oxygen atoms in total. The van der Waals surface area contributed by atoms with Crippen LogP contribution in [0.5, 0.6) is 11.5 Å². The maximum atomic E-state index is 13.7. The summed E-state index contributed by atoms with van der Waals surface area (Å²) in [5, 5.41) is 0. The van der Waals surface area contributed by atoms with Gasteiger partial charge in [0.2, 0.25) is 0 Å². The Morgan fingerprint density at radius 3 is 2.47 bits per heavy atom. The highest BCUT2D eigenvalue weighted by Gasteiger charge is 2.33. The average molecular weight is 533 g/mol. The third kappa shape index (κ3) is 5.97. The monoisotopic (exact) mass is 532 g/mol. The Morgan fingerprint density at radius 1 is 1.11 bits per heavy atom. The summed E-state index contributed by atoms with van der Waals surface area (Å²) in [6.45, 7) is 8.29. The average Bonchev–Trinajstić information content (AvgIpc) is 3.23. The van der Waals surface area contributed by atoms with E-state index in [2.05, 4.69) is 18.5 Å². The van der Waals surface area contributed by atoms with Crippen molar-refractivity contribution in [1.82, 2.24) is 4.57 Å². The zero-order valence-corrected chi connectivity index (χ0v) is 22.8. The van der Waals surface area contributed by atoms with Crippen LogP contribution in [-0.2, 0) is 9.53 Å². The number of methoxy groups -OCH3 is 1. The molecule has 0 amide bonds. The molecule has 4 rings (SSSR count). The topological polar surface area (TPSA) is 79.1 Å². The summed E-state index contributed by atoms with van der Waals surface area (Å²) in [6, 6.07) is 14.3. The number of hydrogen-bond donors (Lipinski definition) is 0. The van der Waals surface area contributed by atoms with E-state index in [4.69, 9.17) is 14.2 Å². The number of allylic oxidation sites excluding steroid dienone is 1. The zero-order valence-electron chi connectivity index (χ0n) is 21.9. The minimum atomic E-state index is -0.685. The van der Waals surface area contributed by atoms with Gasteiger partial charge in [0, 0.05) is 0 Å². The third-order valence-corrected chi connectivity index (χ3v) is 7.18. The molecule has 0 fully saturated rings. The third-order valence-electron chi connectivity index (χ3n) is 6.20. The molecule has 8 heteroatoms. The van der Waals surface area contributed by atoms with Crippen LogP contribution in [0.3, 0.4) is 0 Å². The fourth-order valence-corrected chi connectivity index (χ4v) is 5.30. The molecule has 0 saturated carbocycles. The lowest BCUT2D eigenvalue weighted by molar-refractivity contribution is -0.138. The van der Waals surface area contributed by atoms with Crippen LogP contribution in [-0.4, -0.2) is 30.9 Å². The molecular formula is C30H32N2O5S. The Balaban J connectivity index is 1.74. The molecule has 1 unspecified atom stereocenters. The fourth-order valence-electron chi connectivity index (χ4n) is 4.25. The molecule has 3 aromatic rings. The van der Waals surface area contributed by atoms with Crippen molar-refractivity contribution < 1.29 is 19.0 Å². The van der Waals surface area contributed by atoms with Gasteiger partial charge >= 0.3 is 5.97 Å². The highest BCUT2D eigenvalue weighted by atomic mass is 32.1. The normalized spacial score (nSPS) is 15.0. The highest BCUT2D eigenvalue weighted by molar-refractivity contribution is 7.07. The van der Waals surface area contributed by atoms with Gasteiger partial charge in [-0.1, -0.05) is 68.0 Å². The van der Waals surface area contributed by atoms with Gasteiger partial charge in [-0.15, -0.1) is 0 Å². The molecule has 1 aromatic heterocycles. The van der Waals surface area contributed by atoms with Gasteiger partial charge in [0.1, 0.15) is 18.1 Å². The lowest BCUT2D eigenvalue weighted by Gasteiger charge is -2.24. The Hall–Kier alpha value is -3.91. The van der Waals surface area contributed by atoms with Crippen LogP contribution in [0.25, 0.3) is 6.08 Å². The van der Waals surface area contributed by atoms with Gasteiger partial charge in [-0.2, -0.15) is 0 Å². The van der Waals surface area contributed by atoms with E-state index in [9.17, 15) is 9.59 Å². The van der Waals surface area contributed by atoms with Crippen LogP contribution in [0.4, 0.5) is 0 Å². The zero-order chi connectivity index (χ0) is 27.1. The van der Waals surface area contributed by atoms with Crippen LogP contribution < -0.4 is 24.4 Å². The van der Waals surface area contributed by atoms with E-state index in [1.807, 2.05) is 42.5 Å². The summed E-state index contributed by atoms with van der Waals surface area (Å²) < 4.78 is 18.6. The molecule has 0 spiro atoms. The van der Waals surface area contributed by atoms with E-state index in [-0.39, 0.29) is 12.2 Å². The van der Waals surface area contributed by atoms with Gasteiger partial charge in [0.05, 0.1) is 35.6 Å². The van der Waals surface area contributed by atoms with Crippen molar-refractivity contribution in [3.8, 4) is 11.5 Å². The lowest BCUT2D eigenvalue weighted by atomic mass is 9.96. The number of rotatable bonds is 11. The van der Waals surface area contributed by atoms with Crippen LogP contribution >= 0.6 is 11.3 Å². The lowest BCUT2D eigenvalue weighted by Crippen LogP contribution is -2.39. The number of thiazole rings is 1. The summed E-state index contributed by atoms with van der Waals surface area (Å²) in [7, 11) is 1.59. The summed E-state index contributed by atoms with van der Waals surface area (Å²) in [5.41, 5.74) is 2.23. The predicted octanol–water partition coefficient (Wildman–Crippen LogP) is 4.54. The molecule has 2 heterocycles. The van der Waals surface area contributed by atoms with E-state index in [0.717, 1.165) is 36.1 Å². The largest absolute Gasteiger partial charge is 0.497 e. The van der Waals surface area contributed by atoms with Crippen molar-refractivity contribution in [3.63, 3.8) is 0 Å². The predicted molar refractivity (Wildman–Crippen MR) is 149 cm³/mol. The maximum absolute atomic E-state index is 13.7. The molecule has 198 valence electrons. The van der Waals surface area contributed by atoms with Gasteiger partial charge in [-0.25, -0.2) is 9.79 Å². The van der Waals surface area contributed by atoms with Crippen LogP contribution in [0, 0.1) is 0 Å². The summed E-state index contributed by atoms with van der Waals surface area (Å²) in [6.07, 6.45) is 6.66. The number of unbranched alkanes of at least 4 members (excludes halogenated alkanes) is 2. The van der Waals surface area contributed by atoms with Crippen molar-refractivity contribution >= 4 is 23.4 Å². The molecule has 0 radical (unpaired) electrons. The van der Waals surface area contributed by atoms with Crippen LogP contribution in [0.1, 0.15) is 50.3 Å². The van der Waals surface area contributed by atoms with Gasteiger partial charge in [0.25, 0.3) is 5.56 Å². The van der Waals surface area contributed by atoms with E-state index < -0.39 is 12.0 Å². The molecular weight excluding hydrogens is 500 g/mol. The first kappa shape index (κ1) is 27.1. The smallest absolute Gasteiger partial charge is 0.338 e. The van der Waals surface area contributed by atoms with E-state index in [1.54, 1.807) is 30.7 Å². The quantitative estimate of drug-likeness (QED) is 0.206. The van der Waals surface area contributed by atoms with Crippen molar-refractivity contribution in [3.05, 3.63) is 103 Å². The van der Waals surface area contributed by atoms with Gasteiger partial charge in [-0.3, -0.25) is 9.36 Å². The number of carbonyl (C=O) groups excluding carboxylic acids is 1. The number of fused-ring (bicyclic) bond motifs is 1. The van der Waals surface area contributed by atoms with Crippen molar-refractivity contribution in [2.45, 2.75) is 39.2 Å². The highest BCUT2D eigenvalue weighted by Crippen LogP contribution is 2.31. The summed E-state index contributed by atoms with van der Waals surface area (Å²) in [4.78, 5) is 32.0. The van der Waals surface area contributed by atoms with Gasteiger partial charge in [-0.05, 0) is 54.8 Å². The number of benzene rings is 2. The molecule has 2 aromatic carbocycles. The van der Waals surface area contributed by atoms with Crippen molar-refractivity contribution in [2.24, 2.45) is 4.99 Å². The molecule has 0 bridgehead atoms. The Kier molecular flexibility index (Phi) is 8.97. The second kappa shape index (κ2) is 12.6. The van der Waals surface area contributed by atoms with Gasteiger partial charge in [0.15, 0.2) is 4.80 Å². The number of aromatic nitrogens is 1. The first-order valence-corrected chi connectivity index (χ1v) is 13.5. The molecule has 1 aliphatic rings. The number of carbonyl (C=O) groups is 1. The molecule has 0 saturated heterocycles. The first-order valence-electron chi connectivity index (χ1n) is 12.6. The van der Waals surface area contributed by atoms with Crippen LogP contribution in [0.2, 0.25) is 0 Å². The number of nitrogens with zero attached hydrogens (tertiary/aromatic N) is 2. The second-order valence-corrected chi connectivity index (χ2v) is 9.88. The Labute approximate surface area is 226 Å². The minimum Gasteiger partial charge on any atom is -0.497 e. The Morgan fingerprint density at radius 2 is 1.82 bits per heavy atom. The van der Waals surface area contributed by atoms with Crippen LogP contribution in [0.15, 0.2) is 82.2 Å². The van der Waals surface area contributed by atoms with Gasteiger partial charge < -0.3 is 14.2 Å². The maximum Gasteiger partial charge on any atom is 0.338 e. The molecule has 0 aliphatic carbocycles. The molecule has 1 aliphatic heterocycles. The first-order chi connectivity index (χ1) is 18.5. The van der Waals surface area contributed by atoms with E-state index in [0.29, 0.717) is 33.0 Å². The number of ether oxygens (including phenoxy) is 3. The standard InChI is InChI=1S/C30H32N2O5S/c1-5-7-8-18-36-24-13-9-21(10-14-24)19-25-28(33)32-27(22-11-15-23(35-4)16-12-22)26(29(34)37-17-6-2)20(3)31-30(32)38-25/h6,9-16,19,27H,2,5,7-8,17-18H2,1,3-4H3/b25-19-. The number of esters is 1. The minimum absolute atomic E-state index is 0.0632. The molecule has 38 heavy (non-hydrogen) atoms. The Bertz CT molecular complexity index is 1500.